The van der Waals surface area contributed by atoms with E-state index >= 15 is 0 Å². The molecule has 1 unspecified atom stereocenters. The van der Waals surface area contributed by atoms with E-state index in [1.54, 1.807) is 16.8 Å². The number of nitrogens with one attached hydrogen (secondary N) is 2. The Hall–Kier alpha value is -2.92. The second-order valence-electron chi connectivity index (χ2n) is 6.02. The van der Waals surface area contributed by atoms with Gasteiger partial charge in [0.05, 0.1) is 11.4 Å². The Bertz CT molecular complexity index is 938. The van der Waals surface area contributed by atoms with Crippen LogP contribution in [-0.4, -0.2) is 54.1 Å². The maximum Gasteiger partial charge on any atom is 0.301 e. The van der Waals surface area contributed by atoms with Crippen LogP contribution in [0, 0.1) is 0 Å². The van der Waals surface area contributed by atoms with Crippen molar-refractivity contribution in [3.05, 3.63) is 41.7 Å². The molecule has 0 saturated heterocycles. The van der Waals surface area contributed by atoms with Crippen molar-refractivity contribution in [3.63, 3.8) is 0 Å². The molecule has 0 radical (unpaired) electrons. The topological polar surface area (TPSA) is 134 Å². The summed E-state index contributed by atoms with van der Waals surface area (Å²) in [5.41, 5.74) is 2.72. The summed E-state index contributed by atoms with van der Waals surface area (Å²) < 4.78 is 29.1. The monoisotopic (exact) mass is 395 g/mol. The Morgan fingerprint density at radius 2 is 2.04 bits per heavy atom. The van der Waals surface area contributed by atoms with E-state index in [4.69, 9.17) is 9.90 Å². The number of hydrogen-bond donors (Lipinski definition) is 3. The van der Waals surface area contributed by atoms with Gasteiger partial charge in [0.2, 0.25) is 5.91 Å². The lowest BCUT2D eigenvalue weighted by atomic mass is 9.88. The SMILES string of the molecule is CN(C)S(=O)(=O)Nc1ccc2c(c1)NC(=O)CC2c1ccn(C)n1.O=CO. The molecule has 1 aromatic heterocycles. The number of anilines is 2. The van der Waals surface area contributed by atoms with Gasteiger partial charge in [0, 0.05) is 45.4 Å². The average molecular weight is 395 g/mol. The molecule has 27 heavy (non-hydrogen) atoms. The van der Waals surface area contributed by atoms with E-state index in [9.17, 15) is 13.2 Å². The highest BCUT2D eigenvalue weighted by Crippen LogP contribution is 2.37. The van der Waals surface area contributed by atoms with Gasteiger partial charge in [0.15, 0.2) is 0 Å². The van der Waals surface area contributed by atoms with Gasteiger partial charge < -0.3 is 10.4 Å². The molecule has 0 fully saturated rings. The van der Waals surface area contributed by atoms with Gasteiger partial charge in [0.1, 0.15) is 0 Å². The van der Waals surface area contributed by atoms with Crippen molar-refractivity contribution in [1.29, 1.82) is 0 Å². The molecule has 1 aliphatic rings. The van der Waals surface area contributed by atoms with Gasteiger partial charge in [-0.05, 0) is 23.8 Å². The molecule has 0 aliphatic carbocycles. The van der Waals surface area contributed by atoms with Crippen LogP contribution < -0.4 is 10.0 Å². The minimum atomic E-state index is -3.60. The molecule has 0 bridgehead atoms. The van der Waals surface area contributed by atoms with Crippen LogP contribution in [0.5, 0.6) is 0 Å². The van der Waals surface area contributed by atoms with Crippen molar-refractivity contribution in [2.75, 3.05) is 24.1 Å². The Kier molecular flexibility index (Phi) is 6.18. The highest BCUT2D eigenvalue weighted by Gasteiger charge is 2.28. The maximum absolute atomic E-state index is 12.0. The van der Waals surface area contributed by atoms with Crippen molar-refractivity contribution < 1.29 is 23.1 Å². The molecule has 2 aromatic rings. The predicted molar refractivity (Wildman–Crippen MR) is 99.7 cm³/mol. The Labute approximate surface area is 157 Å². The lowest BCUT2D eigenvalue weighted by molar-refractivity contribution is -0.123. The Balaban J connectivity index is 0.000000817. The van der Waals surface area contributed by atoms with Crippen LogP contribution in [-0.2, 0) is 26.8 Å². The van der Waals surface area contributed by atoms with E-state index in [0.29, 0.717) is 17.8 Å². The number of carbonyl (C=O) groups is 2. The summed E-state index contributed by atoms with van der Waals surface area (Å²) in [5.74, 6) is -0.264. The zero-order valence-corrected chi connectivity index (χ0v) is 15.9. The molecule has 1 atom stereocenters. The van der Waals surface area contributed by atoms with Crippen LogP contribution in [0.2, 0.25) is 0 Å². The fourth-order valence-corrected chi connectivity index (χ4v) is 3.26. The minimum Gasteiger partial charge on any atom is -0.483 e. The summed E-state index contributed by atoms with van der Waals surface area (Å²) in [6.07, 6.45) is 2.15. The van der Waals surface area contributed by atoms with E-state index in [1.807, 2.05) is 25.4 Å². The number of aryl methyl sites for hydroxylation is 1. The molecule has 11 heteroatoms. The lowest BCUT2D eigenvalue weighted by Crippen LogP contribution is -2.29. The molecule has 1 aromatic carbocycles. The second-order valence-corrected chi connectivity index (χ2v) is 7.90. The molecule has 1 amide bonds. The predicted octanol–water partition coefficient (Wildman–Crippen LogP) is 0.813. The molecule has 1 aliphatic heterocycles. The van der Waals surface area contributed by atoms with E-state index < -0.39 is 10.2 Å². The molecule has 3 rings (SSSR count). The van der Waals surface area contributed by atoms with Crippen LogP contribution in [0.25, 0.3) is 0 Å². The van der Waals surface area contributed by atoms with Gasteiger partial charge in [-0.1, -0.05) is 6.07 Å². The maximum atomic E-state index is 12.0. The van der Waals surface area contributed by atoms with Crippen LogP contribution in [0.4, 0.5) is 11.4 Å². The standard InChI is InChI=1S/C15H19N5O3S.CH2O2/c1-19(2)24(22,23)18-10-4-5-11-12(13-6-7-20(3)17-13)9-15(21)16-14(11)8-10;2-1-3/h4-8,12,18H,9H2,1-3H3,(H,16,21);1H,(H,2,3). The fraction of sp³-hybridized carbons (Fsp3) is 0.312. The Morgan fingerprint density at radius 3 is 2.59 bits per heavy atom. The van der Waals surface area contributed by atoms with Crippen molar-refractivity contribution in [1.82, 2.24) is 14.1 Å². The van der Waals surface area contributed by atoms with Crippen LogP contribution in [0.3, 0.4) is 0 Å². The molecule has 2 heterocycles. The number of carbonyl (C=O) groups excluding carboxylic acids is 1. The fourth-order valence-electron chi connectivity index (χ4n) is 2.65. The summed E-state index contributed by atoms with van der Waals surface area (Å²) in [6.45, 7) is -0.250. The van der Waals surface area contributed by atoms with Gasteiger partial charge in [-0.3, -0.25) is 19.0 Å². The number of benzene rings is 1. The van der Waals surface area contributed by atoms with Crippen molar-refractivity contribution in [3.8, 4) is 0 Å². The average Bonchev–Trinajstić information content (AvgIpc) is 3.00. The number of aromatic nitrogens is 2. The third kappa shape index (κ3) is 4.83. The molecular formula is C16H21N5O5S. The first-order chi connectivity index (χ1) is 12.7. The van der Waals surface area contributed by atoms with Crippen molar-refractivity contribution >= 4 is 34.0 Å². The molecular weight excluding hydrogens is 374 g/mol. The third-order valence-corrected chi connectivity index (χ3v) is 5.37. The summed E-state index contributed by atoms with van der Waals surface area (Å²) in [4.78, 5) is 20.4. The van der Waals surface area contributed by atoms with Gasteiger partial charge in [-0.2, -0.15) is 17.8 Å². The normalized spacial score (nSPS) is 16.0. The van der Waals surface area contributed by atoms with E-state index in [1.165, 1.54) is 14.1 Å². The first-order valence-electron chi connectivity index (χ1n) is 7.89. The molecule has 0 spiro atoms. The number of nitrogens with zero attached hydrogens (tertiary/aromatic N) is 3. The van der Waals surface area contributed by atoms with E-state index in [2.05, 4.69) is 15.1 Å². The highest BCUT2D eigenvalue weighted by molar-refractivity contribution is 7.90. The van der Waals surface area contributed by atoms with Crippen LogP contribution >= 0.6 is 0 Å². The molecule has 0 saturated carbocycles. The third-order valence-electron chi connectivity index (χ3n) is 3.91. The highest BCUT2D eigenvalue weighted by atomic mass is 32.2. The number of hydrogen-bond acceptors (Lipinski definition) is 5. The second kappa shape index (κ2) is 8.18. The largest absolute Gasteiger partial charge is 0.483 e. The van der Waals surface area contributed by atoms with Gasteiger partial charge >= 0.3 is 10.2 Å². The van der Waals surface area contributed by atoms with E-state index in [0.717, 1.165) is 15.6 Å². The number of carboxylic acid groups (broad SMARTS) is 1. The van der Waals surface area contributed by atoms with Gasteiger partial charge in [-0.15, -0.1) is 0 Å². The zero-order valence-electron chi connectivity index (χ0n) is 15.1. The summed E-state index contributed by atoms with van der Waals surface area (Å²) in [5, 5.41) is 14.1. The first-order valence-corrected chi connectivity index (χ1v) is 9.33. The number of fused-ring (bicyclic) bond motifs is 1. The summed E-state index contributed by atoms with van der Waals surface area (Å²) >= 11 is 0. The van der Waals surface area contributed by atoms with Gasteiger partial charge in [-0.25, -0.2) is 0 Å². The van der Waals surface area contributed by atoms with Crippen LogP contribution in [0.15, 0.2) is 30.5 Å². The smallest absolute Gasteiger partial charge is 0.301 e. The summed E-state index contributed by atoms with van der Waals surface area (Å²) in [7, 11) is 1.12. The minimum absolute atomic E-state index is 0.120. The quantitative estimate of drug-likeness (QED) is 0.656. The molecule has 3 N–H and O–H groups in total. The number of amides is 1. The number of rotatable bonds is 4. The van der Waals surface area contributed by atoms with E-state index in [-0.39, 0.29) is 18.3 Å². The van der Waals surface area contributed by atoms with Crippen LogP contribution in [0.1, 0.15) is 23.6 Å². The first kappa shape index (κ1) is 20.4. The van der Waals surface area contributed by atoms with Crippen molar-refractivity contribution in [2.24, 2.45) is 7.05 Å². The Morgan fingerprint density at radius 1 is 1.37 bits per heavy atom. The molecule has 10 nitrogen and oxygen atoms in total. The lowest BCUT2D eigenvalue weighted by Gasteiger charge is -2.25. The summed E-state index contributed by atoms with van der Waals surface area (Å²) in [6, 6.07) is 7.02. The molecule has 146 valence electrons. The van der Waals surface area contributed by atoms with Crippen molar-refractivity contribution in [2.45, 2.75) is 12.3 Å². The zero-order chi connectivity index (χ0) is 20.2. The van der Waals surface area contributed by atoms with Gasteiger partial charge in [0.25, 0.3) is 6.47 Å².